The highest BCUT2D eigenvalue weighted by Gasteiger charge is 2.25. The maximum Gasteiger partial charge on any atom is 0.244 e. The summed E-state index contributed by atoms with van der Waals surface area (Å²) in [6, 6.07) is 10.2. The van der Waals surface area contributed by atoms with Gasteiger partial charge >= 0.3 is 0 Å². The van der Waals surface area contributed by atoms with E-state index in [1.165, 1.54) is 27.0 Å². The molecular weight excluding hydrogens is 382 g/mol. The van der Waals surface area contributed by atoms with Crippen molar-refractivity contribution in [1.29, 1.82) is 0 Å². The third-order valence-electron chi connectivity index (χ3n) is 3.81. The molecular formula is C19H23N3O5S. The van der Waals surface area contributed by atoms with Gasteiger partial charge in [-0.3, -0.25) is 9.59 Å². The van der Waals surface area contributed by atoms with E-state index >= 15 is 0 Å². The van der Waals surface area contributed by atoms with Crippen LogP contribution in [0.3, 0.4) is 0 Å². The summed E-state index contributed by atoms with van der Waals surface area (Å²) >= 11 is 0. The molecule has 2 amide bonds. The van der Waals surface area contributed by atoms with Gasteiger partial charge in [-0.15, -0.1) is 0 Å². The minimum Gasteiger partial charge on any atom is -0.495 e. The summed E-state index contributed by atoms with van der Waals surface area (Å²) in [5.74, 6) is -0.534. The fraction of sp³-hybridized carbons (Fsp3) is 0.263. The second kappa shape index (κ2) is 8.85. The van der Waals surface area contributed by atoms with Crippen molar-refractivity contribution in [2.75, 3.05) is 17.7 Å². The van der Waals surface area contributed by atoms with E-state index in [9.17, 15) is 18.0 Å². The van der Waals surface area contributed by atoms with Crippen molar-refractivity contribution in [2.24, 2.45) is 0 Å². The second-order valence-electron chi connectivity index (χ2n) is 6.25. The van der Waals surface area contributed by atoms with Gasteiger partial charge in [0.2, 0.25) is 21.8 Å². The zero-order valence-electron chi connectivity index (χ0n) is 16.1. The number of sulfonamides is 1. The predicted octanol–water partition coefficient (Wildman–Crippen LogP) is 2.27. The van der Waals surface area contributed by atoms with E-state index < -0.39 is 22.0 Å². The topological polar surface area (TPSA) is 114 Å². The Balaban J connectivity index is 2.09. The number of amides is 2. The van der Waals surface area contributed by atoms with Crippen molar-refractivity contribution in [1.82, 2.24) is 4.72 Å². The number of aryl methyl sites for hydroxylation is 1. The van der Waals surface area contributed by atoms with Crippen LogP contribution in [0, 0.1) is 6.92 Å². The zero-order valence-corrected chi connectivity index (χ0v) is 16.9. The quantitative estimate of drug-likeness (QED) is 0.654. The van der Waals surface area contributed by atoms with Crippen LogP contribution in [0.1, 0.15) is 19.4 Å². The van der Waals surface area contributed by atoms with Crippen molar-refractivity contribution >= 4 is 33.2 Å². The molecule has 0 fully saturated rings. The average Bonchev–Trinajstić information content (AvgIpc) is 2.62. The van der Waals surface area contributed by atoms with Crippen LogP contribution in [0.2, 0.25) is 0 Å². The van der Waals surface area contributed by atoms with E-state index in [-0.39, 0.29) is 16.6 Å². The lowest BCUT2D eigenvalue weighted by Gasteiger charge is -2.16. The van der Waals surface area contributed by atoms with Gasteiger partial charge in [-0.25, -0.2) is 8.42 Å². The van der Waals surface area contributed by atoms with Gasteiger partial charge in [-0.2, -0.15) is 4.72 Å². The van der Waals surface area contributed by atoms with Crippen LogP contribution in [-0.4, -0.2) is 33.4 Å². The third kappa shape index (κ3) is 5.54. The normalized spacial score (nSPS) is 12.1. The van der Waals surface area contributed by atoms with Crippen molar-refractivity contribution in [3.05, 3.63) is 48.0 Å². The Morgan fingerprint density at radius 1 is 1.00 bits per heavy atom. The number of hydrogen-bond acceptors (Lipinski definition) is 5. The van der Waals surface area contributed by atoms with Crippen molar-refractivity contribution in [3.63, 3.8) is 0 Å². The SMILES string of the molecule is COc1ccc(C)cc1S(=O)(=O)NC(C)C(=O)Nc1ccc(NC(C)=O)cc1. The molecule has 2 aromatic carbocycles. The van der Waals surface area contributed by atoms with E-state index in [1.54, 1.807) is 43.3 Å². The average molecular weight is 405 g/mol. The molecule has 8 nitrogen and oxygen atoms in total. The summed E-state index contributed by atoms with van der Waals surface area (Å²) in [6.07, 6.45) is 0. The molecule has 0 aliphatic carbocycles. The second-order valence-corrected chi connectivity index (χ2v) is 7.93. The molecule has 0 radical (unpaired) electrons. The number of methoxy groups -OCH3 is 1. The molecule has 0 spiro atoms. The molecule has 3 N–H and O–H groups in total. The third-order valence-corrected chi connectivity index (χ3v) is 5.37. The van der Waals surface area contributed by atoms with Crippen LogP contribution in [0.25, 0.3) is 0 Å². The van der Waals surface area contributed by atoms with Gasteiger partial charge in [-0.05, 0) is 55.8 Å². The lowest BCUT2D eigenvalue weighted by Crippen LogP contribution is -2.41. The molecule has 0 aliphatic heterocycles. The highest BCUT2D eigenvalue weighted by Crippen LogP contribution is 2.24. The Hall–Kier alpha value is -2.91. The fourth-order valence-corrected chi connectivity index (χ4v) is 3.89. The Morgan fingerprint density at radius 2 is 1.57 bits per heavy atom. The number of anilines is 2. The molecule has 150 valence electrons. The number of carbonyl (C=O) groups excluding carboxylic acids is 2. The molecule has 9 heteroatoms. The monoisotopic (exact) mass is 405 g/mol. The van der Waals surface area contributed by atoms with Crippen molar-refractivity contribution < 1.29 is 22.7 Å². The number of rotatable bonds is 7. The molecule has 1 atom stereocenters. The minimum atomic E-state index is -3.97. The Kier molecular flexibility index (Phi) is 6.76. The van der Waals surface area contributed by atoms with Crippen molar-refractivity contribution in [2.45, 2.75) is 31.7 Å². The first-order valence-electron chi connectivity index (χ1n) is 8.48. The number of hydrogen-bond donors (Lipinski definition) is 3. The maximum absolute atomic E-state index is 12.7. The van der Waals surface area contributed by atoms with Crippen LogP contribution in [0.15, 0.2) is 47.4 Å². The molecule has 0 bridgehead atoms. The van der Waals surface area contributed by atoms with Gasteiger partial charge in [-0.1, -0.05) is 6.07 Å². The first-order valence-corrected chi connectivity index (χ1v) is 9.96. The summed E-state index contributed by atoms with van der Waals surface area (Å²) in [5.41, 5.74) is 1.81. The molecule has 0 aromatic heterocycles. The van der Waals surface area contributed by atoms with Gasteiger partial charge in [0, 0.05) is 18.3 Å². The highest BCUT2D eigenvalue weighted by atomic mass is 32.2. The van der Waals surface area contributed by atoms with Crippen LogP contribution >= 0.6 is 0 Å². The molecule has 2 rings (SSSR count). The van der Waals surface area contributed by atoms with Gasteiger partial charge < -0.3 is 15.4 Å². The van der Waals surface area contributed by atoms with E-state index in [1.807, 2.05) is 0 Å². The van der Waals surface area contributed by atoms with Crippen LogP contribution < -0.4 is 20.1 Å². The Bertz CT molecular complexity index is 972. The number of nitrogens with one attached hydrogen (secondary N) is 3. The van der Waals surface area contributed by atoms with Gasteiger partial charge in [0.25, 0.3) is 0 Å². The number of ether oxygens (including phenoxy) is 1. The van der Waals surface area contributed by atoms with E-state index in [4.69, 9.17) is 4.74 Å². The molecule has 28 heavy (non-hydrogen) atoms. The van der Waals surface area contributed by atoms with Crippen LogP contribution in [0.5, 0.6) is 5.75 Å². The van der Waals surface area contributed by atoms with E-state index in [0.717, 1.165) is 5.56 Å². The molecule has 1 unspecified atom stereocenters. The zero-order chi connectivity index (χ0) is 20.9. The standard InChI is InChI=1S/C19H23N3O5S/c1-12-5-10-17(27-4)18(11-12)28(25,26)22-13(2)19(24)21-16-8-6-15(7-9-16)20-14(3)23/h5-11,13,22H,1-4H3,(H,20,23)(H,21,24). The maximum atomic E-state index is 12.7. The number of carbonyl (C=O) groups is 2. The Morgan fingerprint density at radius 3 is 2.11 bits per heavy atom. The van der Waals surface area contributed by atoms with Gasteiger partial charge in [0.05, 0.1) is 13.2 Å². The van der Waals surface area contributed by atoms with Crippen LogP contribution in [-0.2, 0) is 19.6 Å². The summed E-state index contributed by atoms with van der Waals surface area (Å²) in [5, 5.41) is 5.24. The molecule has 0 heterocycles. The largest absolute Gasteiger partial charge is 0.495 e. The first-order chi connectivity index (χ1) is 13.1. The molecule has 0 saturated heterocycles. The van der Waals surface area contributed by atoms with E-state index in [0.29, 0.717) is 11.4 Å². The summed E-state index contributed by atoms with van der Waals surface area (Å²) in [4.78, 5) is 23.4. The summed E-state index contributed by atoms with van der Waals surface area (Å²) in [6.45, 7) is 4.60. The lowest BCUT2D eigenvalue weighted by molar-refractivity contribution is -0.117. The van der Waals surface area contributed by atoms with Crippen molar-refractivity contribution in [3.8, 4) is 5.75 Å². The molecule has 2 aromatic rings. The summed E-state index contributed by atoms with van der Waals surface area (Å²) in [7, 11) is -2.59. The fourth-order valence-electron chi connectivity index (χ4n) is 2.43. The summed E-state index contributed by atoms with van der Waals surface area (Å²) < 4.78 is 32.8. The molecule has 0 aliphatic rings. The lowest BCUT2D eigenvalue weighted by atomic mass is 10.2. The molecule has 0 saturated carbocycles. The number of benzene rings is 2. The minimum absolute atomic E-state index is 0.0330. The van der Waals surface area contributed by atoms with E-state index in [2.05, 4.69) is 15.4 Å². The first kappa shape index (κ1) is 21.4. The highest BCUT2D eigenvalue weighted by molar-refractivity contribution is 7.89. The Labute approximate surface area is 164 Å². The predicted molar refractivity (Wildman–Crippen MR) is 107 cm³/mol. The smallest absolute Gasteiger partial charge is 0.244 e. The van der Waals surface area contributed by atoms with Gasteiger partial charge in [0.1, 0.15) is 10.6 Å². The van der Waals surface area contributed by atoms with Crippen LogP contribution in [0.4, 0.5) is 11.4 Å². The van der Waals surface area contributed by atoms with Gasteiger partial charge in [0.15, 0.2) is 0 Å².